The summed E-state index contributed by atoms with van der Waals surface area (Å²) in [5.74, 6) is -0.611. The van der Waals surface area contributed by atoms with Gasteiger partial charge in [-0.2, -0.15) is 13.2 Å². The van der Waals surface area contributed by atoms with E-state index in [0.29, 0.717) is 5.69 Å². The third kappa shape index (κ3) is 4.37. The first-order chi connectivity index (χ1) is 11.8. The molecule has 25 heavy (non-hydrogen) atoms. The Morgan fingerprint density at radius 3 is 2.20 bits per heavy atom. The molecule has 0 aromatic heterocycles. The Balaban J connectivity index is 1.72. The van der Waals surface area contributed by atoms with Crippen LogP contribution < -0.4 is 10.6 Å². The minimum absolute atomic E-state index is 0.0302. The number of alkyl halides is 3. The Morgan fingerprint density at radius 2 is 1.56 bits per heavy atom. The van der Waals surface area contributed by atoms with E-state index < -0.39 is 17.6 Å². The maximum absolute atomic E-state index is 12.7. The van der Waals surface area contributed by atoms with Gasteiger partial charge in [0, 0.05) is 22.9 Å². The Labute approximate surface area is 142 Å². The van der Waals surface area contributed by atoms with Crippen LogP contribution in [0.1, 0.15) is 28.8 Å². The van der Waals surface area contributed by atoms with E-state index in [0.717, 1.165) is 25.0 Å². The zero-order chi connectivity index (χ0) is 18.0. The predicted octanol–water partition coefficient (Wildman–Crippen LogP) is 4.31. The van der Waals surface area contributed by atoms with Gasteiger partial charge in [-0.15, -0.1) is 0 Å². The molecule has 1 fully saturated rings. The average Bonchev–Trinajstić information content (AvgIpc) is 3.39. The Kier molecular flexibility index (Phi) is 4.48. The van der Waals surface area contributed by atoms with E-state index in [1.54, 1.807) is 12.1 Å². The maximum atomic E-state index is 12.7. The monoisotopic (exact) mass is 348 g/mol. The third-order valence-corrected chi connectivity index (χ3v) is 3.79. The first-order valence-electron chi connectivity index (χ1n) is 7.72. The molecular weight excluding hydrogens is 333 g/mol. The fraction of sp³-hybridized carbons (Fsp3) is 0.222. The normalized spacial score (nSPS) is 14.0. The second-order valence-corrected chi connectivity index (χ2v) is 5.88. The maximum Gasteiger partial charge on any atom is 0.416 e. The van der Waals surface area contributed by atoms with Crippen LogP contribution in [0.5, 0.6) is 0 Å². The number of rotatable bonds is 4. The zero-order valence-electron chi connectivity index (χ0n) is 13.1. The van der Waals surface area contributed by atoms with Crippen molar-refractivity contribution < 1.29 is 22.8 Å². The fourth-order valence-electron chi connectivity index (χ4n) is 2.30. The van der Waals surface area contributed by atoms with Gasteiger partial charge in [0.2, 0.25) is 5.91 Å². The quantitative estimate of drug-likeness (QED) is 0.865. The van der Waals surface area contributed by atoms with E-state index in [4.69, 9.17) is 0 Å². The molecule has 2 N–H and O–H groups in total. The summed E-state index contributed by atoms with van der Waals surface area (Å²) in [5.41, 5.74) is -0.0670. The number of carbonyl (C=O) groups excluding carboxylic acids is 2. The van der Waals surface area contributed by atoms with Crippen LogP contribution in [-0.2, 0) is 11.0 Å². The first kappa shape index (κ1) is 17.0. The number of nitrogens with one attached hydrogen (secondary N) is 2. The van der Waals surface area contributed by atoms with Crippen molar-refractivity contribution >= 4 is 23.2 Å². The number of halogens is 3. The SMILES string of the molecule is O=C(Nc1cccc(C(F)(F)F)c1)c1cccc(NC(=O)C2CC2)c1. The fourth-order valence-corrected chi connectivity index (χ4v) is 2.30. The first-order valence-corrected chi connectivity index (χ1v) is 7.72. The molecule has 0 aliphatic heterocycles. The van der Waals surface area contributed by atoms with E-state index in [1.165, 1.54) is 24.3 Å². The van der Waals surface area contributed by atoms with Gasteiger partial charge in [-0.3, -0.25) is 9.59 Å². The highest BCUT2D eigenvalue weighted by Gasteiger charge is 2.31. The molecule has 130 valence electrons. The summed E-state index contributed by atoms with van der Waals surface area (Å²) < 4.78 is 38.2. The van der Waals surface area contributed by atoms with E-state index in [9.17, 15) is 22.8 Å². The molecule has 0 heterocycles. The number of anilines is 2. The molecule has 0 spiro atoms. The van der Waals surface area contributed by atoms with Gasteiger partial charge in [-0.05, 0) is 49.2 Å². The van der Waals surface area contributed by atoms with Crippen LogP contribution in [0.2, 0.25) is 0 Å². The molecule has 4 nitrogen and oxygen atoms in total. The molecule has 0 saturated heterocycles. The molecule has 1 saturated carbocycles. The summed E-state index contributed by atoms with van der Waals surface area (Å²) in [5, 5.41) is 5.16. The number of hydrogen-bond donors (Lipinski definition) is 2. The lowest BCUT2D eigenvalue weighted by molar-refractivity contribution is -0.137. The minimum Gasteiger partial charge on any atom is -0.326 e. The molecule has 0 atom stereocenters. The van der Waals surface area contributed by atoms with E-state index >= 15 is 0 Å². The van der Waals surface area contributed by atoms with E-state index in [1.807, 2.05) is 0 Å². The average molecular weight is 348 g/mol. The van der Waals surface area contributed by atoms with Gasteiger partial charge < -0.3 is 10.6 Å². The second-order valence-electron chi connectivity index (χ2n) is 5.88. The van der Waals surface area contributed by atoms with Crippen LogP contribution >= 0.6 is 0 Å². The molecule has 0 bridgehead atoms. The highest BCUT2D eigenvalue weighted by molar-refractivity contribution is 6.05. The molecule has 0 radical (unpaired) electrons. The van der Waals surface area contributed by atoms with Crippen LogP contribution in [0.4, 0.5) is 24.5 Å². The smallest absolute Gasteiger partial charge is 0.326 e. The Bertz CT molecular complexity index is 814. The lowest BCUT2D eigenvalue weighted by Gasteiger charge is -2.11. The van der Waals surface area contributed by atoms with Crippen molar-refractivity contribution in [3.63, 3.8) is 0 Å². The van der Waals surface area contributed by atoms with Gasteiger partial charge >= 0.3 is 6.18 Å². The molecule has 1 aliphatic rings. The van der Waals surface area contributed by atoms with Gasteiger partial charge in [0.1, 0.15) is 0 Å². The van der Waals surface area contributed by atoms with Gasteiger partial charge in [0.15, 0.2) is 0 Å². The van der Waals surface area contributed by atoms with E-state index in [-0.39, 0.29) is 23.1 Å². The van der Waals surface area contributed by atoms with Crippen LogP contribution in [0.15, 0.2) is 48.5 Å². The largest absolute Gasteiger partial charge is 0.416 e. The van der Waals surface area contributed by atoms with Crippen molar-refractivity contribution in [1.29, 1.82) is 0 Å². The summed E-state index contributed by atoms with van der Waals surface area (Å²) in [4.78, 5) is 24.0. The Morgan fingerprint density at radius 1 is 0.920 bits per heavy atom. The van der Waals surface area contributed by atoms with Crippen molar-refractivity contribution in [1.82, 2.24) is 0 Å². The van der Waals surface area contributed by atoms with Gasteiger partial charge in [0.25, 0.3) is 5.91 Å². The van der Waals surface area contributed by atoms with Crippen LogP contribution in [-0.4, -0.2) is 11.8 Å². The summed E-state index contributed by atoms with van der Waals surface area (Å²) in [7, 11) is 0. The molecule has 3 rings (SSSR count). The van der Waals surface area contributed by atoms with Crippen molar-refractivity contribution in [3.8, 4) is 0 Å². The van der Waals surface area contributed by atoms with Crippen molar-refractivity contribution in [2.24, 2.45) is 5.92 Å². The number of hydrogen-bond acceptors (Lipinski definition) is 2. The lowest BCUT2D eigenvalue weighted by Crippen LogP contribution is -2.15. The van der Waals surface area contributed by atoms with Gasteiger partial charge in [0.05, 0.1) is 5.56 Å². The van der Waals surface area contributed by atoms with Crippen LogP contribution in [0.25, 0.3) is 0 Å². The standard InChI is InChI=1S/C18H15F3N2O2/c19-18(20,21)13-4-2-6-15(10-13)23-17(25)12-3-1-5-14(9-12)22-16(24)11-7-8-11/h1-6,9-11H,7-8H2,(H,22,24)(H,23,25). The summed E-state index contributed by atoms with van der Waals surface area (Å²) in [6.45, 7) is 0. The lowest BCUT2D eigenvalue weighted by atomic mass is 10.1. The summed E-state index contributed by atoms with van der Waals surface area (Å²) in [6, 6.07) is 10.7. The van der Waals surface area contributed by atoms with Crippen molar-refractivity contribution in [3.05, 3.63) is 59.7 Å². The molecular formula is C18H15F3N2O2. The van der Waals surface area contributed by atoms with Crippen LogP contribution in [0, 0.1) is 5.92 Å². The van der Waals surface area contributed by atoms with E-state index in [2.05, 4.69) is 10.6 Å². The number of benzene rings is 2. The summed E-state index contributed by atoms with van der Waals surface area (Å²) in [6.07, 6.45) is -2.75. The topological polar surface area (TPSA) is 58.2 Å². The van der Waals surface area contributed by atoms with Crippen molar-refractivity contribution in [2.75, 3.05) is 10.6 Å². The molecule has 2 aromatic carbocycles. The zero-order valence-corrected chi connectivity index (χ0v) is 13.1. The molecule has 7 heteroatoms. The molecule has 2 aromatic rings. The van der Waals surface area contributed by atoms with Gasteiger partial charge in [-0.25, -0.2) is 0 Å². The minimum atomic E-state index is -4.48. The highest BCUT2D eigenvalue weighted by Crippen LogP contribution is 2.31. The van der Waals surface area contributed by atoms with Crippen LogP contribution in [0.3, 0.4) is 0 Å². The second kappa shape index (κ2) is 6.58. The number of carbonyl (C=O) groups is 2. The van der Waals surface area contributed by atoms with Gasteiger partial charge in [-0.1, -0.05) is 12.1 Å². The van der Waals surface area contributed by atoms with Crippen molar-refractivity contribution in [2.45, 2.75) is 19.0 Å². The summed E-state index contributed by atoms with van der Waals surface area (Å²) >= 11 is 0. The Hall–Kier alpha value is -2.83. The highest BCUT2D eigenvalue weighted by atomic mass is 19.4. The third-order valence-electron chi connectivity index (χ3n) is 3.79. The molecule has 2 amide bonds. The molecule has 1 aliphatic carbocycles. The predicted molar refractivity (Wildman–Crippen MR) is 87.2 cm³/mol. The number of amides is 2. The molecule has 0 unspecified atom stereocenters.